The largest absolute Gasteiger partial charge is 0.420 e. The molecule has 1 atom stereocenters. The number of rotatable bonds is 3. The van der Waals surface area contributed by atoms with Gasteiger partial charge in [-0.05, 0) is 23.1 Å². The van der Waals surface area contributed by atoms with Crippen LogP contribution in [0.15, 0.2) is 30.5 Å². The molecular formula is C11H10F3NO3S. The maximum absolute atomic E-state index is 12.9. The Morgan fingerprint density at radius 3 is 2.53 bits per heavy atom. The van der Waals surface area contributed by atoms with Crippen LogP contribution in [-0.2, 0) is 14.3 Å². The van der Waals surface area contributed by atoms with Crippen LogP contribution in [-0.4, -0.2) is 25.8 Å². The Labute approximate surface area is 107 Å². The Bertz CT molecular complexity index is 691. The van der Waals surface area contributed by atoms with E-state index in [1.807, 2.05) is 0 Å². The number of H-pyrrole nitrogens is 1. The number of alkyl halides is 3. The van der Waals surface area contributed by atoms with Crippen molar-refractivity contribution in [1.82, 2.24) is 4.98 Å². The van der Waals surface area contributed by atoms with Gasteiger partial charge in [-0.25, -0.2) is 0 Å². The van der Waals surface area contributed by atoms with Gasteiger partial charge in [0.15, 0.2) is 6.10 Å². The normalized spacial score (nSPS) is 14.7. The number of hydrogen-bond acceptors (Lipinski definition) is 3. The topological polar surface area (TPSA) is 59.2 Å². The third-order valence-electron chi connectivity index (χ3n) is 2.45. The fourth-order valence-corrected chi connectivity index (χ4v) is 2.27. The van der Waals surface area contributed by atoms with Crippen LogP contribution >= 0.6 is 0 Å². The molecule has 4 nitrogen and oxygen atoms in total. The van der Waals surface area contributed by atoms with Crippen molar-refractivity contribution in [3.8, 4) is 0 Å². The van der Waals surface area contributed by atoms with Crippen molar-refractivity contribution >= 4 is 21.0 Å². The molecule has 0 saturated heterocycles. The lowest BCUT2D eigenvalue weighted by atomic mass is 10.1. The summed E-state index contributed by atoms with van der Waals surface area (Å²) in [5.74, 6) is 0. The summed E-state index contributed by atoms with van der Waals surface area (Å²) in [4.78, 5) is 2.76. The number of fused-ring (bicyclic) bond motifs is 1. The van der Waals surface area contributed by atoms with Crippen LogP contribution in [0.3, 0.4) is 0 Å². The highest BCUT2D eigenvalue weighted by molar-refractivity contribution is 7.86. The SMILES string of the molecule is CS(=O)(=O)OC(c1ccc2cc[nH]c2c1)C(F)(F)F. The summed E-state index contributed by atoms with van der Waals surface area (Å²) < 4.78 is 64.6. The highest BCUT2D eigenvalue weighted by atomic mass is 32.2. The zero-order valence-electron chi connectivity index (χ0n) is 9.73. The van der Waals surface area contributed by atoms with Gasteiger partial charge >= 0.3 is 6.18 Å². The lowest BCUT2D eigenvalue weighted by Crippen LogP contribution is -2.25. The average Bonchev–Trinajstić information content (AvgIpc) is 2.69. The number of nitrogens with one attached hydrogen (secondary N) is 1. The van der Waals surface area contributed by atoms with Gasteiger partial charge in [0.25, 0.3) is 10.1 Å². The van der Waals surface area contributed by atoms with E-state index in [1.54, 1.807) is 12.3 Å². The Morgan fingerprint density at radius 2 is 1.95 bits per heavy atom. The first kappa shape index (κ1) is 13.9. The van der Waals surface area contributed by atoms with Crippen LogP contribution in [0.4, 0.5) is 13.2 Å². The number of halogens is 3. The van der Waals surface area contributed by atoms with Gasteiger partial charge in [-0.1, -0.05) is 12.1 Å². The Morgan fingerprint density at radius 1 is 1.26 bits per heavy atom. The Balaban J connectivity index is 2.47. The summed E-state index contributed by atoms with van der Waals surface area (Å²) >= 11 is 0. The van der Waals surface area contributed by atoms with E-state index in [2.05, 4.69) is 9.17 Å². The summed E-state index contributed by atoms with van der Waals surface area (Å²) in [6.45, 7) is 0. The molecule has 0 amide bonds. The summed E-state index contributed by atoms with van der Waals surface area (Å²) in [5, 5.41) is 0.726. The van der Waals surface area contributed by atoms with E-state index >= 15 is 0 Å². The average molecular weight is 293 g/mol. The molecule has 0 aliphatic carbocycles. The van der Waals surface area contributed by atoms with Gasteiger partial charge in [0.2, 0.25) is 0 Å². The molecule has 0 saturated carbocycles. The van der Waals surface area contributed by atoms with E-state index in [1.165, 1.54) is 18.2 Å². The highest BCUT2D eigenvalue weighted by Crippen LogP contribution is 2.37. The van der Waals surface area contributed by atoms with Crippen LogP contribution < -0.4 is 0 Å². The van der Waals surface area contributed by atoms with Gasteiger partial charge in [-0.15, -0.1) is 0 Å². The van der Waals surface area contributed by atoms with Gasteiger partial charge in [0, 0.05) is 11.7 Å². The lowest BCUT2D eigenvalue weighted by molar-refractivity contribution is -0.196. The zero-order chi connectivity index (χ0) is 14.3. The number of hydrogen-bond donors (Lipinski definition) is 1. The van der Waals surface area contributed by atoms with Crippen molar-refractivity contribution in [2.24, 2.45) is 0 Å². The molecule has 1 N–H and O–H groups in total. The standard InChI is InChI=1S/C11H10F3NO3S/c1-19(16,17)18-10(11(12,13)14)8-3-2-7-4-5-15-9(7)6-8/h2-6,10,15H,1H3. The molecule has 1 heterocycles. The van der Waals surface area contributed by atoms with Gasteiger partial charge in [-0.2, -0.15) is 21.6 Å². The molecule has 19 heavy (non-hydrogen) atoms. The maximum Gasteiger partial charge on any atom is 0.420 e. The van der Waals surface area contributed by atoms with Crippen molar-refractivity contribution in [2.45, 2.75) is 12.3 Å². The number of aromatic amines is 1. The summed E-state index contributed by atoms with van der Waals surface area (Å²) in [6, 6.07) is 5.57. The van der Waals surface area contributed by atoms with Crippen LogP contribution in [0.5, 0.6) is 0 Å². The fraction of sp³-hybridized carbons (Fsp3) is 0.273. The molecule has 104 valence electrons. The minimum atomic E-state index is -4.82. The smallest absolute Gasteiger partial charge is 0.361 e. The van der Waals surface area contributed by atoms with Gasteiger partial charge < -0.3 is 4.98 Å². The molecule has 1 unspecified atom stereocenters. The van der Waals surface area contributed by atoms with E-state index in [9.17, 15) is 21.6 Å². The molecule has 1 aromatic carbocycles. The second-order valence-electron chi connectivity index (χ2n) is 4.05. The Kier molecular flexibility index (Phi) is 3.31. The Hall–Kier alpha value is -1.54. The lowest BCUT2D eigenvalue weighted by Gasteiger charge is -2.19. The molecule has 2 rings (SSSR count). The molecule has 0 fully saturated rings. The molecular weight excluding hydrogens is 283 g/mol. The first-order valence-corrected chi connectivity index (χ1v) is 7.00. The second-order valence-corrected chi connectivity index (χ2v) is 5.65. The fourth-order valence-electron chi connectivity index (χ4n) is 1.70. The van der Waals surface area contributed by atoms with Gasteiger partial charge in [-0.3, -0.25) is 4.18 Å². The van der Waals surface area contributed by atoms with E-state index in [4.69, 9.17) is 0 Å². The summed E-state index contributed by atoms with van der Waals surface area (Å²) in [7, 11) is -4.22. The predicted octanol–water partition coefficient (Wildman–Crippen LogP) is 2.75. The van der Waals surface area contributed by atoms with E-state index in [-0.39, 0.29) is 5.56 Å². The third kappa shape index (κ3) is 3.27. The maximum atomic E-state index is 12.9. The van der Waals surface area contributed by atoms with Crippen LogP contribution in [0.25, 0.3) is 10.9 Å². The van der Waals surface area contributed by atoms with Crippen molar-refractivity contribution in [1.29, 1.82) is 0 Å². The van der Waals surface area contributed by atoms with Crippen molar-refractivity contribution in [3.05, 3.63) is 36.0 Å². The summed E-state index contributed by atoms with van der Waals surface area (Å²) in [6.07, 6.45) is -5.16. The van der Waals surface area contributed by atoms with Crippen molar-refractivity contribution in [2.75, 3.05) is 6.26 Å². The number of benzene rings is 1. The first-order chi connectivity index (χ1) is 8.67. The minimum Gasteiger partial charge on any atom is -0.361 e. The molecule has 0 bridgehead atoms. The molecule has 0 aliphatic heterocycles. The quantitative estimate of drug-likeness (QED) is 0.885. The van der Waals surface area contributed by atoms with Crippen molar-refractivity contribution < 1.29 is 25.8 Å². The summed E-state index contributed by atoms with van der Waals surface area (Å²) in [5.41, 5.74) is 0.205. The monoisotopic (exact) mass is 293 g/mol. The van der Waals surface area contributed by atoms with Crippen LogP contribution in [0.1, 0.15) is 11.7 Å². The van der Waals surface area contributed by atoms with Gasteiger partial charge in [0.1, 0.15) is 0 Å². The molecule has 1 aromatic heterocycles. The molecule has 0 spiro atoms. The molecule has 0 aliphatic rings. The molecule has 8 heteroatoms. The van der Waals surface area contributed by atoms with Crippen LogP contribution in [0, 0.1) is 0 Å². The van der Waals surface area contributed by atoms with Crippen molar-refractivity contribution in [3.63, 3.8) is 0 Å². The second kappa shape index (κ2) is 4.53. The van der Waals surface area contributed by atoms with Gasteiger partial charge in [0.05, 0.1) is 6.26 Å². The minimum absolute atomic E-state index is 0.270. The van der Waals surface area contributed by atoms with E-state index in [0.29, 0.717) is 11.8 Å². The third-order valence-corrected chi connectivity index (χ3v) is 2.99. The first-order valence-electron chi connectivity index (χ1n) is 5.19. The highest BCUT2D eigenvalue weighted by Gasteiger charge is 2.44. The van der Waals surface area contributed by atoms with Crippen LogP contribution in [0.2, 0.25) is 0 Å². The van der Waals surface area contributed by atoms with E-state index < -0.39 is 22.4 Å². The zero-order valence-corrected chi connectivity index (χ0v) is 10.5. The molecule has 0 radical (unpaired) electrons. The number of aromatic nitrogens is 1. The molecule has 2 aromatic rings. The van der Waals surface area contributed by atoms with E-state index in [0.717, 1.165) is 5.39 Å². The predicted molar refractivity (Wildman–Crippen MR) is 63.0 cm³/mol.